The van der Waals surface area contributed by atoms with Gasteiger partial charge in [-0.2, -0.15) is 4.98 Å². The maximum atomic E-state index is 6.41. The fourth-order valence-corrected chi connectivity index (χ4v) is 3.85. The van der Waals surface area contributed by atoms with Gasteiger partial charge in [-0.15, -0.1) is 12.4 Å². The summed E-state index contributed by atoms with van der Waals surface area (Å²) in [5.74, 6) is 1.85. The van der Waals surface area contributed by atoms with E-state index >= 15 is 0 Å². The number of ether oxygens (including phenoxy) is 1. The summed E-state index contributed by atoms with van der Waals surface area (Å²) < 4.78 is 13.3. The summed E-state index contributed by atoms with van der Waals surface area (Å²) in [5, 5.41) is 4.12. The molecular weight excluding hydrogens is 402 g/mol. The molecule has 0 aliphatic heterocycles. The average Bonchev–Trinajstić information content (AvgIpc) is 3.46. The summed E-state index contributed by atoms with van der Waals surface area (Å²) in [7, 11) is 0. The Morgan fingerprint density at radius 3 is 2.60 bits per heavy atom. The van der Waals surface area contributed by atoms with Crippen LogP contribution >= 0.6 is 12.4 Å². The zero-order chi connectivity index (χ0) is 19.8. The van der Waals surface area contributed by atoms with E-state index in [2.05, 4.69) is 28.2 Å². The quantitative estimate of drug-likeness (QED) is 0.508. The van der Waals surface area contributed by atoms with Gasteiger partial charge in [0.05, 0.1) is 11.2 Å². The Kier molecular flexibility index (Phi) is 5.49. The molecule has 1 aliphatic carbocycles. The van der Waals surface area contributed by atoms with Gasteiger partial charge in [-0.3, -0.25) is 0 Å². The van der Waals surface area contributed by atoms with E-state index < -0.39 is 5.54 Å². The van der Waals surface area contributed by atoms with Gasteiger partial charge in [-0.25, -0.2) is 4.98 Å². The predicted octanol–water partition coefficient (Wildman–Crippen LogP) is 4.42. The van der Waals surface area contributed by atoms with Crippen LogP contribution in [0.4, 0.5) is 0 Å². The smallest absolute Gasteiger partial charge is 0.257 e. The number of rotatable bonds is 5. The number of aryl methyl sites for hydroxylation is 1. The second kappa shape index (κ2) is 8.08. The summed E-state index contributed by atoms with van der Waals surface area (Å²) in [6, 6.07) is 11.7. The van der Waals surface area contributed by atoms with Gasteiger partial charge in [0.15, 0.2) is 5.82 Å². The van der Waals surface area contributed by atoms with Gasteiger partial charge in [0, 0.05) is 18.0 Å². The average molecular weight is 426 g/mol. The molecule has 3 aromatic heterocycles. The van der Waals surface area contributed by atoms with Crippen molar-refractivity contribution in [2.45, 2.75) is 44.8 Å². The van der Waals surface area contributed by atoms with Crippen LogP contribution in [0.5, 0.6) is 5.75 Å². The molecule has 3 heterocycles. The van der Waals surface area contributed by atoms with Crippen molar-refractivity contribution in [3.05, 3.63) is 65.9 Å². The first-order chi connectivity index (χ1) is 14.1. The molecule has 30 heavy (non-hydrogen) atoms. The van der Waals surface area contributed by atoms with Crippen LogP contribution in [0.2, 0.25) is 0 Å². The van der Waals surface area contributed by atoms with Gasteiger partial charge in [-0.1, -0.05) is 24.1 Å². The molecule has 0 unspecified atom stereocenters. The first-order valence-corrected chi connectivity index (χ1v) is 9.90. The number of nitrogens with two attached hydrogens (primary N) is 1. The Bertz CT molecular complexity index is 1150. The van der Waals surface area contributed by atoms with Gasteiger partial charge in [-0.05, 0) is 55.7 Å². The fourth-order valence-electron chi connectivity index (χ4n) is 3.85. The highest BCUT2D eigenvalue weighted by Crippen LogP contribution is 2.35. The van der Waals surface area contributed by atoms with Crippen molar-refractivity contribution in [2.75, 3.05) is 0 Å². The first-order valence-electron chi connectivity index (χ1n) is 9.90. The summed E-state index contributed by atoms with van der Waals surface area (Å²) in [6.45, 7) is 2.46. The van der Waals surface area contributed by atoms with E-state index in [0.29, 0.717) is 18.3 Å². The largest absolute Gasteiger partial charge is 0.487 e. The summed E-state index contributed by atoms with van der Waals surface area (Å²) in [5.41, 5.74) is 9.80. The number of nitrogens with zero attached hydrogens (tertiary/aromatic N) is 4. The lowest BCUT2D eigenvalue weighted by atomic mass is 9.99. The Morgan fingerprint density at radius 2 is 1.83 bits per heavy atom. The molecule has 156 valence electrons. The molecule has 0 saturated heterocycles. The van der Waals surface area contributed by atoms with Crippen molar-refractivity contribution in [3.63, 3.8) is 0 Å². The zero-order valence-electron chi connectivity index (χ0n) is 16.7. The van der Waals surface area contributed by atoms with E-state index in [1.54, 1.807) is 0 Å². The summed E-state index contributed by atoms with van der Waals surface area (Å²) in [4.78, 5) is 9.11. The zero-order valence-corrected chi connectivity index (χ0v) is 17.6. The minimum Gasteiger partial charge on any atom is -0.487 e. The second-order valence-electron chi connectivity index (χ2n) is 7.80. The normalized spacial score (nSPS) is 15.3. The third-order valence-corrected chi connectivity index (χ3v) is 5.50. The molecule has 1 fully saturated rings. The molecule has 0 radical (unpaired) electrons. The molecule has 7 nitrogen and oxygen atoms in total. The SMILES string of the molecule is Cc1ccc2nc(COc3ccc(-c4nc(C5(N)CCCC5)no4)cc3)cn2c1.Cl. The Balaban J connectivity index is 0.00000218. The number of aromatic nitrogens is 4. The first kappa shape index (κ1) is 20.4. The van der Waals surface area contributed by atoms with E-state index in [4.69, 9.17) is 15.0 Å². The molecule has 1 saturated carbocycles. The van der Waals surface area contributed by atoms with Crippen LogP contribution in [-0.2, 0) is 12.1 Å². The number of benzene rings is 1. The molecule has 0 bridgehead atoms. The predicted molar refractivity (Wildman–Crippen MR) is 116 cm³/mol. The van der Waals surface area contributed by atoms with Gasteiger partial charge >= 0.3 is 0 Å². The molecule has 1 aliphatic rings. The van der Waals surface area contributed by atoms with Gasteiger partial charge in [0.1, 0.15) is 18.0 Å². The lowest BCUT2D eigenvalue weighted by Gasteiger charge is -2.17. The van der Waals surface area contributed by atoms with Crippen molar-refractivity contribution in [1.29, 1.82) is 0 Å². The molecule has 8 heteroatoms. The Morgan fingerprint density at radius 1 is 1.07 bits per heavy atom. The number of fused-ring (bicyclic) bond motifs is 1. The van der Waals surface area contributed by atoms with Crippen LogP contribution in [-0.4, -0.2) is 19.5 Å². The summed E-state index contributed by atoms with van der Waals surface area (Å²) >= 11 is 0. The van der Waals surface area contributed by atoms with Crippen LogP contribution in [0.15, 0.2) is 53.3 Å². The van der Waals surface area contributed by atoms with Crippen molar-refractivity contribution in [3.8, 4) is 17.2 Å². The Labute approximate surface area is 180 Å². The van der Waals surface area contributed by atoms with Crippen LogP contribution < -0.4 is 10.5 Å². The highest BCUT2D eigenvalue weighted by Gasteiger charge is 2.36. The van der Waals surface area contributed by atoms with E-state index in [1.807, 2.05) is 47.0 Å². The minimum absolute atomic E-state index is 0. The van der Waals surface area contributed by atoms with Crippen LogP contribution in [0.25, 0.3) is 17.1 Å². The van der Waals surface area contributed by atoms with Crippen LogP contribution in [0.3, 0.4) is 0 Å². The number of imidazole rings is 1. The van der Waals surface area contributed by atoms with Crippen molar-refractivity contribution < 1.29 is 9.26 Å². The second-order valence-corrected chi connectivity index (χ2v) is 7.80. The molecular formula is C22H24ClN5O2. The third-order valence-electron chi connectivity index (χ3n) is 5.50. The standard InChI is InChI=1S/C22H23N5O2.ClH/c1-15-4-9-19-24-17(13-27(19)12-15)14-28-18-7-5-16(6-8-18)20-25-21(26-29-20)22(23)10-2-3-11-22;/h4-9,12-13H,2-3,10-11,14,23H2,1H3;1H. The molecule has 1 aromatic carbocycles. The maximum absolute atomic E-state index is 6.41. The molecule has 2 N–H and O–H groups in total. The summed E-state index contributed by atoms with van der Waals surface area (Å²) in [6.07, 6.45) is 8.07. The Hall–Kier alpha value is -2.90. The van der Waals surface area contributed by atoms with E-state index in [9.17, 15) is 0 Å². The van der Waals surface area contributed by atoms with Gasteiger partial charge < -0.3 is 19.4 Å². The minimum atomic E-state index is -0.447. The third kappa shape index (κ3) is 3.91. The number of pyridine rings is 1. The lowest BCUT2D eigenvalue weighted by molar-refractivity contribution is 0.302. The number of hydrogen-bond acceptors (Lipinski definition) is 6. The number of halogens is 1. The highest BCUT2D eigenvalue weighted by molar-refractivity contribution is 5.85. The maximum Gasteiger partial charge on any atom is 0.257 e. The molecule has 0 spiro atoms. The fraction of sp³-hybridized carbons (Fsp3) is 0.318. The molecule has 0 atom stereocenters. The molecule has 0 amide bonds. The molecule has 4 aromatic rings. The van der Waals surface area contributed by atoms with Crippen molar-refractivity contribution >= 4 is 18.1 Å². The van der Waals surface area contributed by atoms with Crippen molar-refractivity contribution in [2.24, 2.45) is 5.73 Å². The number of hydrogen-bond donors (Lipinski definition) is 1. The van der Waals surface area contributed by atoms with E-state index in [0.717, 1.165) is 48.3 Å². The van der Waals surface area contributed by atoms with Crippen LogP contribution in [0, 0.1) is 6.92 Å². The highest BCUT2D eigenvalue weighted by atomic mass is 35.5. The monoisotopic (exact) mass is 425 g/mol. The lowest BCUT2D eigenvalue weighted by Crippen LogP contribution is -2.34. The van der Waals surface area contributed by atoms with E-state index in [1.165, 1.54) is 5.56 Å². The topological polar surface area (TPSA) is 91.5 Å². The van der Waals surface area contributed by atoms with Gasteiger partial charge in [0.25, 0.3) is 5.89 Å². The molecule has 5 rings (SSSR count). The van der Waals surface area contributed by atoms with Crippen LogP contribution in [0.1, 0.15) is 42.8 Å². The van der Waals surface area contributed by atoms with Gasteiger partial charge in [0.2, 0.25) is 0 Å². The van der Waals surface area contributed by atoms with E-state index in [-0.39, 0.29) is 12.4 Å². The van der Waals surface area contributed by atoms with Crippen molar-refractivity contribution in [1.82, 2.24) is 19.5 Å².